The van der Waals surface area contributed by atoms with Crippen LogP contribution in [0, 0.1) is 24.0 Å². The van der Waals surface area contributed by atoms with Gasteiger partial charge >= 0.3 is 5.69 Å². The second-order valence-corrected chi connectivity index (χ2v) is 8.53. The van der Waals surface area contributed by atoms with E-state index in [9.17, 15) is 19.7 Å². The van der Waals surface area contributed by atoms with Crippen molar-refractivity contribution in [1.29, 1.82) is 0 Å². The Morgan fingerprint density at radius 1 is 1.03 bits per heavy atom. The molecule has 1 fully saturated rings. The lowest BCUT2D eigenvalue weighted by Gasteiger charge is -2.36. The zero-order valence-corrected chi connectivity index (χ0v) is 19.6. The molecule has 0 saturated carbocycles. The number of carbonyl (C=O) groups is 1. The SMILES string of the molecule is Cc1nn(C)c(C(=O)N2CCN(c3nc4c(C)nn(C)c4c(=O)n3C(C)C)CC2)c1[N+](=O)[O-]. The Balaban J connectivity index is 1.65. The fourth-order valence-corrected chi connectivity index (χ4v) is 4.43. The largest absolute Gasteiger partial charge is 0.339 e. The number of piperazine rings is 1. The van der Waals surface area contributed by atoms with Crippen LogP contribution in [0.2, 0.25) is 0 Å². The average molecular weight is 457 g/mol. The number of aromatic nitrogens is 6. The highest BCUT2D eigenvalue weighted by Crippen LogP contribution is 2.26. The molecule has 0 radical (unpaired) electrons. The molecule has 4 heterocycles. The minimum absolute atomic E-state index is 0.0319. The molecule has 176 valence electrons. The van der Waals surface area contributed by atoms with Crippen LogP contribution in [0.4, 0.5) is 11.6 Å². The van der Waals surface area contributed by atoms with Gasteiger partial charge in [-0.15, -0.1) is 0 Å². The van der Waals surface area contributed by atoms with E-state index < -0.39 is 10.8 Å². The summed E-state index contributed by atoms with van der Waals surface area (Å²) in [6.07, 6.45) is 0. The molecule has 3 aromatic heterocycles. The van der Waals surface area contributed by atoms with E-state index in [1.165, 1.54) is 18.7 Å². The normalized spacial score (nSPS) is 14.5. The number of rotatable bonds is 4. The highest BCUT2D eigenvalue weighted by Gasteiger charge is 2.34. The van der Waals surface area contributed by atoms with Gasteiger partial charge in [-0.1, -0.05) is 0 Å². The van der Waals surface area contributed by atoms with Crippen LogP contribution >= 0.6 is 0 Å². The van der Waals surface area contributed by atoms with Gasteiger partial charge < -0.3 is 9.80 Å². The second-order valence-electron chi connectivity index (χ2n) is 8.53. The summed E-state index contributed by atoms with van der Waals surface area (Å²) in [5.74, 6) is 0.102. The van der Waals surface area contributed by atoms with Crippen molar-refractivity contribution in [2.75, 3.05) is 31.1 Å². The molecule has 0 unspecified atom stereocenters. The third-order valence-electron chi connectivity index (χ3n) is 5.98. The average Bonchev–Trinajstić information content (AvgIpc) is 3.21. The van der Waals surface area contributed by atoms with Gasteiger partial charge in [0.15, 0.2) is 5.52 Å². The first kappa shape index (κ1) is 22.4. The van der Waals surface area contributed by atoms with Crippen molar-refractivity contribution < 1.29 is 9.72 Å². The molecule has 13 heteroatoms. The van der Waals surface area contributed by atoms with Crippen molar-refractivity contribution in [3.05, 3.63) is 37.5 Å². The molecule has 1 amide bonds. The standard InChI is InChI=1S/C20H27N9O4/c1-11(2)28-19(31)16-14(12(3)22-24(16)5)21-20(28)27-9-7-26(8-10-27)18(30)17-15(29(32)33)13(4)23-25(17)6/h11H,7-10H2,1-6H3. The summed E-state index contributed by atoms with van der Waals surface area (Å²) in [5, 5.41) is 19.9. The molecule has 1 aliphatic heterocycles. The van der Waals surface area contributed by atoms with E-state index in [1.807, 2.05) is 25.7 Å². The van der Waals surface area contributed by atoms with Gasteiger partial charge in [0.25, 0.3) is 11.5 Å². The third-order valence-corrected chi connectivity index (χ3v) is 5.98. The van der Waals surface area contributed by atoms with Crippen LogP contribution in [0.25, 0.3) is 11.0 Å². The molecule has 33 heavy (non-hydrogen) atoms. The lowest BCUT2D eigenvalue weighted by molar-refractivity contribution is -0.385. The van der Waals surface area contributed by atoms with E-state index in [0.717, 1.165) is 0 Å². The quantitative estimate of drug-likeness (QED) is 0.417. The fraction of sp³-hybridized carbons (Fsp3) is 0.550. The summed E-state index contributed by atoms with van der Waals surface area (Å²) in [6, 6.07) is -0.126. The number of hydrogen-bond acceptors (Lipinski definition) is 8. The van der Waals surface area contributed by atoms with E-state index in [2.05, 4.69) is 10.2 Å². The molecule has 0 atom stereocenters. The fourth-order valence-electron chi connectivity index (χ4n) is 4.43. The van der Waals surface area contributed by atoms with Crippen LogP contribution in [0.1, 0.15) is 41.8 Å². The van der Waals surface area contributed by atoms with Crippen LogP contribution in [0.3, 0.4) is 0 Å². The molecule has 0 aromatic carbocycles. The van der Waals surface area contributed by atoms with Gasteiger partial charge in [-0.3, -0.25) is 33.6 Å². The van der Waals surface area contributed by atoms with Gasteiger partial charge in [-0.2, -0.15) is 10.2 Å². The predicted molar refractivity (Wildman–Crippen MR) is 121 cm³/mol. The van der Waals surface area contributed by atoms with Crippen molar-refractivity contribution in [3.8, 4) is 0 Å². The minimum Gasteiger partial charge on any atom is -0.339 e. The first-order valence-electron chi connectivity index (χ1n) is 10.7. The van der Waals surface area contributed by atoms with Gasteiger partial charge in [-0.05, 0) is 27.7 Å². The molecule has 3 aromatic rings. The van der Waals surface area contributed by atoms with Crippen LogP contribution in [-0.2, 0) is 14.1 Å². The summed E-state index contributed by atoms with van der Waals surface area (Å²) in [4.78, 5) is 45.6. The monoisotopic (exact) mass is 457 g/mol. The number of carbonyl (C=O) groups excluding carboxylic acids is 1. The number of anilines is 1. The highest BCUT2D eigenvalue weighted by molar-refractivity contribution is 5.97. The second kappa shape index (κ2) is 7.98. The zero-order chi connectivity index (χ0) is 24.2. The minimum atomic E-state index is -0.567. The van der Waals surface area contributed by atoms with Crippen LogP contribution in [0.5, 0.6) is 0 Å². The maximum Gasteiger partial charge on any atom is 0.322 e. The predicted octanol–water partition coefficient (Wildman–Crippen LogP) is 0.932. The Morgan fingerprint density at radius 2 is 1.64 bits per heavy atom. The Hall–Kier alpha value is -3.77. The van der Waals surface area contributed by atoms with Gasteiger partial charge in [0.2, 0.25) is 11.6 Å². The smallest absolute Gasteiger partial charge is 0.322 e. The van der Waals surface area contributed by atoms with Crippen molar-refractivity contribution in [1.82, 2.24) is 34.0 Å². The number of aryl methyl sites for hydroxylation is 4. The molecular formula is C20H27N9O4. The topological polar surface area (TPSA) is 137 Å². The number of nitro groups is 1. The molecule has 0 spiro atoms. The number of fused-ring (bicyclic) bond motifs is 1. The third kappa shape index (κ3) is 3.52. The summed E-state index contributed by atoms with van der Waals surface area (Å²) in [5.41, 5.74) is 1.44. The molecule has 13 nitrogen and oxygen atoms in total. The summed E-state index contributed by atoms with van der Waals surface area (Å²) < 4.78 is 4.47. The van der Waals surface area contributed by atoms with Crippen LogP contribution in [-0.4, -0.2) is 71.0 Å². The molecule has 4 rings (SSSR count). The Morgan fingerprint density at radius 3 is 2.21 bits per heavy atom. The number of hydrogen-bond donors (Lipinski definition) is 0. The first-order chi connectivity index (χ1) is 15.5. The van der Waals surface area contributed by atoms with E-state index in [0.29, 0.717) is 48.9 Å². The first-order valence-corrected chi connectivity index (χ1v) is 10.7. The van der Waals surface area contributed by atoms with Crippen molar-refractivity contribution >= 4 is 28.6 Å². The number of amides is 1. The molecule has 0 bridgehead atoms. The lowest BCUT2D eigenvalue weighted by atomic mass is 10.2. The van der Waals surface area contributed by atoms with Crippen molar-refractivity contribution in [2.24, 2.45) is 14.1 Å². The maximum atomic E-state index is 13.3. The van der Waals surface area contributed by atoms with Gasteiger partial charge in [0, 0.05) is 46.3 Å². The van der Waals surface area contributed by atoms with Gasteiger partial charge in [0.05, 0.1) is 10.6 Å². The molecule has 1 saturated heterocycles. The summed E-state index contributed by atoms with van der Waals surface area (Å²) in [7, 11) is 3.26. The maximum absolute atomic E-state index is 13.3. The summed E-state index contributed by atoms with van der Waals surface area (Å²) >= 11 is 0. The zero-order valence-electron chi connectivity index (χ0n) is 19.6. The van der Waals surface area contributed by atoms with E-state index in [4.69, 9.17) is 4.98 Å². The van der Waals surface area contributed by atoms with Gasteiger partial charge in [-0.25, -0.2) is 4.98 Å². The van der Waals surface area contributed by atoms with E-state index >= 15 is 0 Å². The van der Waals surface area contributed by atoms with E-state index in [-0.39, 0.29) is 28.7 Å². The molecular weight excluding hydrogens is 430 g/mol. The molecule has 0 aliphatic carbocycles. The number of nitrogens with zero attached hydrogens (tertiary/aromatic N) is 9. The summed E-state index contributed by atoms with van der Waals surface area (Å²) in [6.45, 7) is 8.70. The van der Waals surface area contributed by atoms with Crippen LogP contribution in [0.15, 0.2) is 4.79 Å². The Bertz CT molecular complexity index is 1330. The Labute approximate surface area is 189 Å². The van der Waals surface area contributed by atoms with Crippen molar-refractivity contribution in [2.45, 2.75) is 33.7 Å². The van der Waals surface area contributed by atoms with Crippen LogP contribution < -0.4 is 10.5 Å². The van der Waals surface area contributed by atoms with Crippen molar-refractivity contribution in [3.63, 3.8) is 0 Å². The van der Waals surface area contributed by atoms with Gasteiger partial charge in [0.1, 0.15) is 11.2 Å². The molecule has 0 N–H and O–H groups in total. The van der Waals surface area contributed by atoms with E-state index in [1.54, 1.807) is 21.2 Å². The Kier molecular flexibility index (Phi) is 5.42. The highest BCUT2D eigenvalue weighted by atomic mass is 16.6. The lowest BCUT2D eigenvalue weighted by Crippen LogP contribution is -2.50. The molecule has 1 aliphatic rings.